The van der Waals surface area contributed by atoms with Crippen LogP contribution in [0.25, 0.3) is 0 Å². The van der Waals surface area contributed by atoms with Gasteiger partial charge in [-0.3, -0.25) is 0 Å². The summed E-state index contributed by atoms with van der Waals surface area (Å²) in [7, 11) is 0. The monoisotopic (exact) mass is 198 g/mol. The maximum absolute atomic E-state index is 12.4. The first-order chi connectivity index (χ1) is 6.56. The molecule has 0 aliphatic rings. The number of nitrogen functional groups attached to an aromatic ring is 2. The van der Waals surface area contributed by atoms with E-state index in [1.165, 1.54) is 0 Å². The summed E-state index contributed by atoms with van der Waals surface area (Å²) in [6.07, 6.45) is -2.90. The van der Waals surface area contributed by atoms with Crippen LogP contribution in [0.5, 0.6) is 0 Å². The molecule has 0 saturated heterocycles. The second-order valence-corrected chi connectivity index (χ2v) is 2.63. The summed E-state index contributed by atoms with van der Waals surface area (Å²) in [5.41, 5.74) is 10.3. The quantitative estimate of drug-likeness (QED) is 0.748. The number of halogens is 2. The van der Waals surface area contributed by atoms with Crippen LogP contribution in [-0.2, 0) is 6.42 Å². The normalized spacial score (nSPS) is 10.1. The molecule has 0 atom stereocenters. The van der Waals surface area contributed by atoms with Crippen molar-refractivity contribution in [1.29, 1.82) is 5.26 Å². The highest BCUT2D eigenvalue weighted by molar-refractivity contribution is 5.60. The van der Waals surface area contributed by atoms with Gasteiger partial charge in [-0.25, -0.2) is 13.8 Å². The molecule has 1 rings (SSSR count). The van der Waals surface area contributed by atoms with E-state index < -0.39 is 6.43 Å². The van der Waals surface area contributed by atoms with Gasteiger partial charge in [0, 0.05) is 5.56 Å². The molecule has 0 amide bonds. The Morgan fingerprint density at radius 3 is 2.64 bits per heavy atom. The lowest BCUT2D eigenvalue weighted by Crippen LogP contribution is -2.05. The summed E-state index contributed by atoms with van der Waals surface area (Å²) in [5.74, 6) is -0.0281. The van der Waals surface area contributed by atoms with Crippen molar-refractivity contribution in [2.24, 2.45) is 0 Å². The zero-order valence-electron chi connectivity index (χ0n) is 7.17. The Bertz CT molecular complexity index is 384. The van der Waals surface area contributed by atoms with Gasteiger partial charge in [-0.2, -0.15) is 5.26 Å². The highest BCUT2D eigenvalue weighted by Crippen LogP contribution is 2.26. The Balaban J connectivity index is 3.25. The molecule has 4 nitrogen and oxygen atoms in total. The molecule has 0 fully saturated rings. The molecule has 1 aromatic heterocycles. The number of hydrogen-bond acceptors (Lipinski definition) is 4. The van der Waals surface area contributed by atoms with E-state index in [0.717, 1.165) is 6.07 Å². The lowest BCUT2D eigenvalue weighted by atomic mass is 10.1. The molecule has 1 heterocycles. The van der Waals surface area contributed by atoms with Crippen molar-refractivity contribution in [3.8, 4) is 6.07 Å². The van der Waals surface area contributed by atoms with E-state index in [9.17, 15) is 8.78 Å². The first kappa shape index (κ1) is 10.2. The third-order valence-corrected chi connectivity index (χ3v) is 1.68. The van der Waals surface area contributed by atoms with Gasteiger partial charge >= 0.3 is 0 Å². The Hall–Kier alpha value is -1.90. The molecular formula is C8H8F2N4. The second-order valence-electron chi connectivity index (χ2n) is 2.63. The van der Waals surface area contributed by atoms with E-state index in [4.69, 9.17) is 16.7 Å². The maximum atomic E-state index is 12.4. The summed E-state index contributed by atoms with van der Waals surface area (Å²) in [6.45, 7) is 0. The van der Waals surface area contributed by atoms with Crippen molar-refractivity contribution in [3.05, 3.63) is 17.3 Å². The van der Waals surface area contributed by atoms with Crippen molar-refractivity contribution in [3.63, 3.8) is 0 Å². The SMILES string of the molecule is N#CCc1nc(N)c(N)cc1C(F)F. The van der Waals surface area contributed by atoms with Crippen molar-refractivity contribution < 1.29 is 8.78 Å². The van der Waals surface area contributed by atoms with Gasteiger partial charge in [-0.1, -0.05) is 0 Å². The van der Waals surface area contributed by atoms with Crippen molar-refractivity contribution in [2.75, 3.05) is 11.5 Å². The molecule has 6 heteroatoms. The van der Waals surface area contributed by atoms with Crippen molar-refractivity contribution in [2.45, 2.75) is 12.8 Å². The molecule has 0 bridgehead atoms. The van der Waals surface area contributed by atoms with Crippen LogP contribution in [0.2, 0.25) is 0 Å². The van der Waals surface area contributed by atoms with Crippen LogP contribution in [0.3, 0.4) is 0 Å². The number of nitrogens with two attached hydrogens (primary N) is 2. The average Bonchev–Trinajstić information content (AvgIpc) is 2.11. The van der Waals surface area contributed by atoms with Crippen LogP contribution in [0.1, 0.15) is 17.7 Å². The van der Waals surface area contributed by atoms with Gasteiger partial charge in [0.15, 0.2) is 0 Å². The summed E-state index contributed by atoms with van der Waals surface area (Å²) in [4.78, 5) is 3.63. The fourth-order valence-electron chi connectivity index (χ4n) is 1.00. The first-order valence-electron chi connectivity index (χ1n) is 3.76. The largest absolute Gasteiger partial charge is 0.396 e. The first-order valence-corrected chi connectivity index (χ1v) is 3.76. The van der Waals surface area contributed by atoms with Crippen molar-refractivity contribution >= 4 is 11.5 Å². The predicted octanol–water partition coefficient (Wildman–Crippen LogP) is 1.25. The number of aromatic nitrogens is 1. The van der Waals surface area contributed by atoms with E-state index in [1.807, 2.05) is 0 Å². The van der Waals surface area contributed by atoms with Crippen LogP contribution < -0.4 is 11.5 Å². The summed E-state index contributed by atoms with van der Waals surface area (Å²) >= 11 is 0. The van der Waals surface area contributed by atoms with E-state index in [-0.39, 0.29) is 29.2 Å². The van der Waals surface area contributed by atoms with Gasteiger partial charge in [0.1, 0.15) is 5.82 Å². The van der Waals surface area contributed by atoms with Gasteiger partial charge in [0.25, 0.3) is 6.43 Å². The molecule has 14 heavy (non-hydrogen) atoms. The van der Waals surface area contributed by atoms with Gasteiger partial charge in [0.05, 0.1) is 23.9 Å². The number of rotatable bonds is 2. The topological polar surface area (TPSA) is 88.7 Å². The van der Waals surface area contributed by atoms with Gasteiger partial charge in [0.2, 0.25) is 0 Å². The lowest BCUT2D eigenvalue weighted by molar-refractivity contribution is 0.150. The van der Waals surface area contributed by atoms with E-state index in [1.54, 1.807) is 6.07 Å². The standard InChI is InChI=1S/C8H8F2N4/c9-7(10)4-3-5(12)8(13)14-6(4)1-2-11/h3,7H,1,12H2,(H2,13,14). The Labute approximate surface area is 79.1 Å². The molecule has 0 unspecified atom stereocenters. The molecule has 1 aromatic rings. The van der Waals surface area contributed by atoms with Crippen LogP contribution in [0, 0.1) is 11.3 Å². The minimum Gasteiger partial charge on any atom is -0.396 e. The highest BCUT2D eigenvalue weighted by Gasteiger charge is 2.16. The molecule has 0 aromatic carbocycles. The molecule has 74 valence electrons. The highest BCUT2D eigenvalue weighted by atomic mass is 19.3. The minimum absolute atomic E-state index is 0.00184. The fraction of sp³-hybridized carbons (Fsp3) is 0.250. The summed E-state index contributed by atoms with van der Waals surface area (Å²) in [6, 6.07) is 2.79. The predicted molar refractivity (Wildman–Crippen MR) is 47.3 cm³/mol. The smallest absolute Gasteiger partial charge is 0.265 e. The van der Waals surface area contributed by atoms with E-state index in [0.29, 0.717) is 0 Å². The van der Waals surface area contributed by atoms with E-state index in [2.05, 4.69) is 4.98 Å². The molecule has 0 radical (unpaired) electrons. The Morgan fingerprint density at radius 2 is 2.14 bits per heavy atom. The number of pyridine rings is 1. The third kappa shape index (κ3) is 1.88. The second kappa shape index (κ2) is 3.87. The zero-order chi connectivity index (χ0) is 10.7. The number of hydrogen-bond donors (Lipinski definition) is 2. The zero-order valence-corrected chi connectivity index (χ0v) is 7.17. The molecule has 0 spiro atoms. The van der Waals surface area contributed by atoms with Crippen LogP contribution in [0.15, 0.2) is 6.07 Å². The third-order valence-electron chi connectivity index (χ3n) is 1.68. The van der Waals surface area contributed by atoms with Gasteiger partial charge in [-0.15, -0.1) is 0 Å². The lowest BCUT2D eigenvalue weighted by Gasteiger charge is -2.07. The van der Waals surface area contributed by atoms with Crippen LogP contribution >= 0.6 is 0 Å². The molecule has 0 saturated carbocycles. The number of nitriles is 1. The van der Waals surface area contributed by atoms with Gasteiger partial charge in [-0.05, 0) is 6.07 Å². The number of nitrogens with zero attached hydrogens (tertiary/aromatic N) is 2. The molecule has 0 aliphatic carbocycles. The van der Waals surface area contributed by atoms with Crippen molar-refractivity contribution in [1.82, 2.24) is 4.98 Å². The fourth-order valence-corrected chi connectivity index (χ4v) is 1.00. The molecular weight excluding hydrogens is 190 g/mol. The molecule has 0 aliphatic heterocycles. The maximum Gasteiger partial charge on any atom is 0.265 e. The summed E-state index contributed by atoms with van der Waals surface area (Å²) < 4.78 is 24.8. The number of anilines is 2. The van der Waals surface area contributed by atoms with Crippen LogP contribution in [-0.4, -0.2) is 4.98 Å². The van der Waals surface area contributed by atoms with Crippen LogP contribution in [0.4, 0.5) is 20.3 Å². The summed E-state index contributed by atoms with van der Waals surface area (Å²) in [5, 5.41) is 8.38. The van der Waals surface area contributed by atoms with Gasteiger partial charge < -0.3 is 11.5 Å². The number of alkyl halides is 2. The Morgan fingerprint density at radius 1 is 1.50 bits per heavy atom. The van der Waals surface area contributed by atoms with E-state index >= 15 is 0 Å². The average molecular weight is 198 g/mol. The Kier molecular flexibility index (Phi) is 2.82. The minimum atomic E-state index is -2.70. The molecule has 4 N–H and O–H groups in total.